The van der Waals surface area contributed by atoms with Gasteiger partial charge in [-0.15, -0.1) is 0 Å². The van der Waals surface area contributed by atoms with Gasteiger partial charge in [-0.2, -0.15) is 0 Å². The van der Waals surface area contributed by atoms with E-state index in [1.54, 1.807) is 5.02 Å². The van der Waals surface area contributed by atoms with Gasteiger partial charge in [-0.05, 0) is 11.8 Å². The Morgan fingerprint density at radius 1 is 1.29 bits per heavy atom. The molecule has 0 heterocycles. The Morgan fingerprint density at radius 2 is 1.76 bits per heavy atom. The van der Waals surface area contributed by atoms with Gasteiger partial charge in [0, 0.05) is 0 Å². The molecule has 0 aliphatic rings. The van der Waals surface area contributed by atoms with Gasteiger partial charge in [-0.25, -0.2) is 0 Å². The number of thiol groups is 1. The Bertz CT molecular complexity index is 201. The van der Waals surface area contributed by atoms with Crippen molar-refractivity contribution in [3.8, 4) is 0 Å². The van der Waals surface area contributed by atoms with E-state index in [4.69, 9.17) is 9.79 Å². The van der Waals surface area contributed by atoms with E-state index < -0.39 is 5.69 Å². The summed E-state index contributed by atoms with van der Waals surface area (Å²) in [5.41, 5.74) is -3.11. The van der Waals surface area contributed by atoms with E-state index in [-0.39, 0.29) is 17.1 Å². The fraction of sp³-hybridized carbons (Fsp3) is 1.00. The van der Waals surface area contributed by atoms with E-state index in [1.807, 2.05) is 0 Å². The molecule has 1 unspecified atom stereocenters. The van der Waals surface area contributed by atoms with Crippen molar-refractivity contribution in [1.82, 2.24) is 0 Å². The van der Waals surface area contributed by atoms with Gasteiger partial charge in [0.15, 0.2) is 0 Å². The molecular formula is C11H27O2PS2Zn. The molecule has 0 rings (SSSR count). The monoisotopic (exact) mass is 350 g/mol. The third-order valence-corrected chi connectivity index (χ3v) is 7.53. The van der Waals surface area contributed by atoms with Crippen molar-refractivity contribution in [2.75, 3.05) is 0 Å². The average Bonchev–Trinajstić information content (AvgIpc) is 2.15. The Morgan fingerprint density at radius 3 is 2.06 bits per heavy atom. The van der Waals surface area contributed by atoms with E-state index in [0.29, 0.717) is 0 Å². The quantitative estimate of drug-likeness (QED) is 0.355. The van der Waals surface area contributed by atoms with Crippen LogP contribution in [0.4, 0.5) is 0 Å². The average molecular weight is 352 g/mol. The number of rotatable bonds is 7. The van der Waals surface area contributed by atoms with Crippen LogP contribution in [0.2, 0.25) is 9.53 Å². The maximum atomic E-state index is 7.87. The first kappa shape index (κ1) is 20.9. The van der Waals surface area contributed by atoms with Crippen LogP contribution in [-0.4, -0.2) is 9.79 Å². The van der Waals surface area contributed by atoms with Crippen LogP contribution in [0.1, 0.15) is 53.4 Å². The topological polar surface area (TPSA) is 40.5 Å². The molecule has 0 amide bonds. The van der Waals surface area contributed by atoms with Crippen molar-refractivity contribution in [3.63, 3.8) is 0 Å². The molecule has 0 aromatic carbocycles. The molecule has 2 N–H and O–H groups in total. The molecule has 0 aromatic heterocycles. The van der Waals surface area contributed by atoms with Crippen molar-refractivity contribution < 1.29 is 26.9 Å². The molecule has 0 saturated carbocycles. The molecule has 0 bridgehead atoms. The van der Waals surface area contributed by atoms with Crippen molar-refractivity contribution in [2.45, 2.75) is 62.9 Å². The standard InChI is InChI=1S/C8H17.C3H7.H3O2PS2.Zn/c1-4-6-7-8(3)5-2;1-3-2;1-3(2,4)5;/h8H,3-7H2,1-2H3;3H,1-2H3;(H3,1,2,4,5);. The Balaban J connectivity index is 0. The summed E-state index contributed by atoms with van der Waals surface area (Å²) in [6, 6.07) is 0. The van der Waals surface area contributed by atoms with Crippen molar-refractivity contribution in [1.29, 1.82) is 0 Å². The van der Waals surface area contributed by atoms with E-state index in [1.165, 1.54) is 25.7 Å². The Kier molecular flexibility index (Phi) is 15.4. The second kappa shape index (κ2) is 12.6. The Labute approximate surface area is 125 Å². The van der Waals surface area contributed by atoms with Gasteiger partial charge in [-0.3, -0.25) is 0 Å². The first-order chi connectivity index (χ1) is 7.70. The van der Waals surface area contributed by atoms with Crippen LogP contribution in [-0.2, 0) is 28.9 Å². The van der Waals surface area contributed by atoms with Crippen molar-refractivity contribution in [3.05, 3.63) is 0 Å². The van der Waals surface area contributed by atoms with Crippen molar-refractivity contribution in [2.24, 2.45) is 5.92 Å². The molecule has 0 fully saturated rings. The summed E-state index contributed by atoms with van der Waals surface area (Å²) < 4.78 is 1.08. The number of hydrogen-bond donors (Lipinski definition) is 3. The SMILES string of the molecule is CCCCC(CC)[CH2][Zn][CH](C)C.OP(O)(=S)S. The second-order valence-electron chi connectivity index (χ2n) is 4.90. The zero-order chi connectivity index (χ0) is 13.9. The summed E-state index contributed by atoms with van der Waals surface area (Å²) in [5, 5.41) is 1.64. The number of unbranched alkanes of at least 4 members (excludes halogenated alkanes) is 1. The first-order valence-corrected chi connectivity index (χ1v) is 14.2. The molecule has 17 heavy (non-hydrogen) atoms. The van der Waals surface area contributed by atoms with Gasteiger partial charge in [0.05, 0.1) is 0 Å². The smallest absolute Gasteiger partial charge is 0.239 e. The third kappa shape index (κ3) is 26.9. The van der Waals surface area contributed by atoms with Gasteiger partial charge in [0.1, 0.15) is 0 Å². The van der Waals surface area contributed by atoms with Gasteiger partial charge >= 0.3 is 86.0 Å². The summed E-state index contributed by atoms with van der Waals surface area (Å²) in [7, 11) is 0. The van der Waals surface area contributed by atoms with E-state index in [9.17, 15) is 0 Å². The van der Waals surface area contributed by atoms with Gasteiger partial charge in [0.2, 0.25) is 5.69 Å². The van der Waals surface area contributed by atoms with Gasteiger partial charge < -0.3 is 9.79 Å². The fourth-order valence-corrected chi connectivity index (χ4v) is 5.46. The normalized spacial score (nSPS) is 12.7. The fourth-order valence-electron chi connectivity index (χ4n) is 1.61. The zero-order valence-electron chi connectivity index (χ0n) is 11.6. The minimum Gasteiger partial charge on any atom is -0.338 e. The zero-order valence-corrected chi connectivity index (χ0v) is 17.2. The molecule has 0 saturated heterocycles. The van der Waals surface area contributed by atoms with Crippen LogP contribution in [0, 0.1) is 5.92 Å². The molecule has 0 spiro atoms. The van der Waals surface area contributed by atoms with Gasteiger partial charge in [0.25, 0.3) is 0 Å². The second-order valence-corrected chi connectivity index (χ2v) is 15.8. The van der Waals surface area contributed by atoms with E-state index in [0.717, 1.165) is 10.4 Å². The van der Waals surface area contributed by atoms with Crippen LogP contribution >= 0.6 is 17.9 Å². The van der Waals surface area contributed by atoms with Crippen LogP contribution < -0.4 is 0 Å². The molecular weight excluding hydrogens is 325 g/mol. The molecule has 0 radical (unpaired) electrons. The molecule has 2 nitrogen and oxygen atoms in total. The van der Waals surface area contributed by atoms with Crippen LogP contribution in [0.5, 0.6) is 0 Å². The Hall–Kier alpha value is 1.54. The molecule has 0 aromatic rings. The van der Waals surface area contributed by atoms with Crippen molar-refractivity contribution >= 4 is 29.7 Å². The van der Waals surface area contributed by atoms with Gasteiger partial charge in [-0.1, -0.05) is 12.2 Å². The maximum Gasteiger partial charge on any atom is 0.239 e. The molecule has 0 aliphatic carbocycles. The predicted molar refractivity (Wildman–Crippen MR) is 80.9 cm³/mol. The van der Waals surface area contributed by atoms with Crippen LogP contribution in [0.15, 0.2) is 0 Å². The summed E-state index contributed by atoms with van der Waals surface area (Å²) >= 11 is 6.93. The maximum absolute atomic E-state index is 7.87. The van der Waals surface area contributed by atoms with E-state index in [2.05, 4.69) is 51.8 Å². The third-order valence-electron chi connectivity index (χ3n) is 2.70. The minimum absolute atomic E-state index is 0.146. The minimum atomic E-state index is -3.11. The first-order valence-electron chi connectivity index (χ1n) is 6.48. The molecule has 102 valence electrons. The predicted octanol–water partition coefficient (Wildman–Crippen LogP) is 4.66. The molecule has 0 aliphatic heterocycles. The molecule has 1 atom stereocenters. The number of hydrogen-bond acceptors (Lipinski definition) is 1. The summed E-state index contributed by atoms with van der Waals surface area (Å²) in [5.74, 6) is 1.09. The summed E-state index contributed by atoms with van der Waals surface area (Å²) in [4.78, 5) is 15.7. The van der Waals surface area contributed by atoms with Crippen LogP contribution in [0.25, 0.3) is 0 Å². The summed E-state index contributed by atoms with van der Waals surface area (Å²) in [6.07, 6.45) is 5.77. The largest absolute Gasteiger partial charge is 0.338 e. The van der Waals surface area contributed by atoms with E-state index >= 15 is 0 Å². The molecule has 6 heteroatoms. The summed E-state index contributed by atoms with van der Waals surface area (Å²) in [6.45, 7) is 9.48. The van der Waals surface area contributed by atoms with Crippen LogP contribution in [0.3, 0.4) is 0 Å².